The number of nitrogens with one attached hydrogen (secondary N) is 1. The number of nitrogens with zero attached hydrogens (tertiary/aromatic N) is 2. The van der Waals surface area contributed by atoms with Crippen molar-refractivity contribution in [3.05, 3.63) is 48.7 Å². The third-order valence-corrected chi connectivity index (χ3v) is 7.09. The lowest BCUT2D eigenvalue weighted by Gasteiger charge is -2.30. The van der Waals surface area contributed by atoms with Gasteiger partial charge in [0, 0.05) is 49.5 Å². The van der Waals surface area contributed by atoms with Gasteiger partial charge >= 0.3 is 12.4 Å². The van der Waals surface area contributed by atoms with Crippen LogP contribution in [0.5, 0.6) is 11.5 Å². The molecule has 3 aromatic rings. The first-order valence-corrected chi connectivity index (χ1v) is 12.1. The van der Waals surface area contributed by atoms with E-state index in [0.29, 0.717) is 18.5 Å². The highest BCUT2D eigenvalue weighted by atomic mass is 32.2. The Kier molecular flexibility index (Phi) is 7.01. The predicted octanol–water partition coefficient (Wildman–Crippen LogP) is 4.17. The van der Waals surface area contributed by atoms with Gasteiger partial charge in [0.15, 0.2) is 13.2 Å². The predicted molar refractivity (Wildman–Crippen MR) is 119 cm³/mol. The fraction of sp³-hybridized carbons (Fsp3) is 0.364. The average Bonchev–Trinajstić information content (AvgIpc) is 3.26. The molecule has 1 saturated heterocycles. The Bertz CT molecular complexity index is 1330. The van der Waals surface area contributed by atoms with E-state index >= 15 is 0 Å². The second-order valence-corrected chi connectivity index (χ2v) is 9.76. The molecule has 0 amide bonds. The van der Waals surface area contributed by atoms with Crippen molar-refractivity contribution in [1.29, 1.82) is 0 Å². The zero-order valence-corrected chi connectivity index (χ0v) is 19.4. The summed E-state index contributed by atoms with van der Waals surface area (Å²) < 4.78 is 113. The van der Waals surface area contributed by atoms with E-state index in [2.05, 4.69) is 15.0 Å². The van der Waals surface area contributed by atoms with E-state index in [-0.39, 0.29) is 5.52 Å². The van der Waals surface area contributed by atoms with Gasteiger partial charge in [-0.15, -0.1) is 0 Å². The topological polar surface area (TPSA) is 72.8 Å². The van der Waals surface area contributed by atoms with Crippen molar-refractivity contribution in [1.82, 2.24) is 9.29 Å². The summed E-state index contributed by atoms with van der Waals surface area (Å²) in [7, 11) is -4.61. The number of aromatic nitrogens is 1. The van der Waals surface area contributed by atoms with Crippen molar-refractivity contribution in [3.8, 4) is 11.5 Å². The Morgan fingerprint density at radius 2 is 1.56 bits per heavy atom. The van der Waals surface area contributed by atoms with Crippen LogP contribution in [0.2, 0.25) is 0 Å². The molecular weight excluding hydrogens is 516 g/mol. The van der Waals surface area contributed by atoms with Gasteiger partial charge in [-0.1, -0.05) is 6.07 Å². The second-order valence-electron chi connectivity index (χ2n) is 7.98. The minimum Gasteiger partial charge on any atom is -0.484 e. The Morgan fingerprint density at radius 1 is 0.889 bits per heavy atom. The molecule has 1 aliphatic heterocycles. The molecule has 0 atom stereocenters. The molecule has 1 N–H and O–H groups in total. The number of piperazine rings is 1. The van der Waals surface area contributed by atoms with Gasteiger partial charge in [-0.3, -0.25) is 0 Å². The largest absolute Gasteiger partial charge is 0.484 e. The molecule has 14 heteroatoms. The molecule has 0 unspecified atom stereocenters. The van der Waals surface area contributed by atoms with Gasteiger partial charge in [0.1, 0.15) is 16.4 Å². The first-order valence-electron chi connectivity index (χ1n) is 10.7. The van der Waals surface area contributed by atoms with Crippen molar-refractivity contribution in [3.63, 3.8) is 0 Å². The van der Waals surface area contributed by atoms with Crippen LogP contribution in [-0.4, -0.2) is 64.1 Å². The summed E-state index contributed by atoms with van der Waals surface area (Å²) in [5, 5.41) is 3.81. The summed E-state index contributed by atoms with van der Waals surface area (Å²) in [6, 6.07) is 9.03. The lowest BCUT2D eigenvalue weighted by atomic mass is 10.2. The van der Waals surface area contributed by atoms with Crippen LogP contribution < -0.4 is 19.7 Å². The second kappa shape index (κ2) is 9.73. The van der Waals surface area contributed by atoms with Gasteiger partial charge in [-0.25, -0.2) is 12.4 Å². The van der Waals surface area contributed by atoms with Gasteiger partial charge in [0.2, 0.25) is 0 Å². The zero-order valence-electron chi connectivity index (χ0n) is 18.6. The highest BCUT2D eigenvalue weighted by Gasteiger charge is 2.32. The molecule has 1 aromatic heterocycles. The highest BCUT2D eigenvalue weighted by Crippen LogP contribution is 2.35. The van der Waals surface area contributed by atoms with E-state index in [4.69, 9.17) is 4.74 Å². The van der Waals surface area contributed by atoms with Gasteiger partial charge in [-0.2, -0.15) is 26.3 Å². The van der Waals surface area contributed by atoms with E-state index < -0.39 is 52.0 Å². The third-order valence-electron chi connectivity index (χ3n) is 5.38. The molecule has 2 heterocycles. The molecule has 7 nitrogen and oxygen atoms in total. The number of halogens is 6. The summed E-state index contributed by atoms with van der Waals surface area (Å²) in [4.78, 5) is 1.30. The number of alkyl halides is 6. The fourth-order valence-electron chi connectivity index (χ4n) is 3.85. The maximum Gasteiger partial charge on any atom is 0.422 e. The van der Waals surface area contributed by atoms with Crippen LogP contribution >= 0.6 is 0 Å². The maximum absolute atomic E-state index is 13.6. The number of ether oxygens (including phenoxy) is 2. The molecule has 0 saturated carbocycles. The van der Waals surface area contributed by atoms with E-state index in [1.165, 1.54) is 12.3 Å². The number of hydrogen-bond donors (Lipinski definition) is 1. The molecule has 0 radical (unpaired) electrons. The SMILES string of the molecule is O=S(=O)(c1cc(OCC(F)(F)F)ccc1OCC(F)(F)F)n1ccc2c(N3CCNCC3)cccc21. The zero-order chi connectivity index (χ0) is 26.1. The van der Waals surface area contributed by atoms with Crippen LogP contribution in [0.4, 0.5) is 32.0 Å². The van der Waals surface area contributed by atoms with Crippen LogP contribution in [0.15, 0.2) is 53.6 Å². The molecular formula is C22H21F6N3O4S. The number of fused-ring (bicyclic) bond motifs is 1. The molecule has 0 aliphatic carbocycles. The fourth-order valence-corrected chi connectivity index (χ4v) is 5.34. The summed E-state index contributed by atoms with van der Waals surface area (Å²) in [6.45, 7) is -0.663. The summed E-state index contributed by atoms with van der Waals surface area (Å²) in [5.41, 5.74) is 1.02. The molecule has 1 fully saturated rings. The van der Waals surface area contributed by atoms with Gasteiger partial charge in [0.25, 0.3) is 10.0 Å². The van der Waals surface area contributed by atoms with Gasteiger partial charge in [-0.05, 0) is 30.3 Å². The number of benzene rings is 2. The van der Waals surface area contributed by atoms with Crippen LogP contribution in [0.25, 0.3) is 10.9 Å². The molecule has 2 aromatic carbocycles. The Balaban J connectivity index is 1.77. The lowest BCUT2D eigenvalue weighted by Crippen LogP contribution is -2.43. The summed E-state index contributed by atoms with van der Waals surface area (Å²) in [6.07, 6.45) is -8.24. The highest BCUT2D eigenvalue weighted by molar-refractivity contribution is 7.90. The number of rotatable bonds is 7. The molecule has 0 spiro atoms. The minimum atomic E-state index is -4.77. The van der Waals surface area contributed by atoms with Crippen LogP contribution in [0.1, 0.15) is 0 Å². The molecule has 0 bridgehead atoms. The summed E-state index contributed by atoms with van der Waals surface area (Å²) >= 11 is 0. The van der Waals surface area contributed by atoms with Gasteiger partial charge in [0.05, 0.1) is 5.52 Å². The van der Waals surface area contributed by atoms with Crippen molar-refractivity contribution in [2.45, 2.75) is 17.2 Å². The maximum atomic E-state index is 13.6. The smallest absolute Gasteiger partial charge is 0.422 e. The van der Waals surface area contributed by atoms with E-state index in [0.717, 1.165) is 40.9 Å². The molecule has 1 aliphatic rings. The Hall–Kier alpha value is -3.13. The minimum absolute atomic E-state index is 0.245. The lowest BCUT2D eigenvalue weighted by molar-refractivity contribution is -0.154. The molecule has 36 heavy (non-hydrogen) atoms. The van der Waals surface area contributed by atoms with Crippen molar-refractivity contribution in [2.75, 3.05) is 44.3 Å². The number of hydrogen-bond acceptors (Lipinski definition) is 6. The van der Waals surface area contributed by atoms with Crippen molar-refractivity contribution >= 4 is 26.6 Å². The molecule has 4 rings (SSSR count). The first-order chi connectivity index (χ1) is 16.9. The summed E-state index contributed by atoms with van der Waals surface area (Å²) in [5.74, 6) is -1.17. The molecule has 196 valence electrons. The normalized spacial score (nSPS) is 15.3. The first kappa shape index (κ1) is 25.9. The quantitative estimate of drug-likeness (QED) is 0.457. The third kappa shape index (κ3) is 5.81. The number of anilines is 1. The average molecular weight is 537 g/mol. The Labute approximate surface area is 202 Å². The van der Waals surface area contributed by atoms with Crippen LogP contribution in [0.3, 0.4) is 0 Å². The standard InChI is InChI=1S/C22H21F6N3O4S/c23-21(24,25)13-34-15-4-5-19(35-14-22(26,27)28)20(12-15)36(32,33)31-9-6-16-17(2-1-3-18(16)31)30-10-7-29-8-11-30/h1-6,9,12,29H,7-8,10-11,13-14H2. The van der Waals surface area contributed by atoms with Crippen LogP contribution in [-0.2, 0) is 10.0 Å². The van der Waals surface area contributed by atoms with Crippen molar-refractivity contribution < 1.29 is 44.2 Å². The van der Waals surface area contributed by atoms with Gasteiger partial charge < -0.3 is 19.7 Å². The monoisotopic (exact) mass is 537 g/mol. The van der Waals surface area contributed by atoms with E-state index in [1.54, 1.807) is 12.1 Å². The van der Waals surface area contributed by atoms with E-state index in [1.807, 2.05) is 6.07 Å². The van der Waals surface area contributed by atoms with Crippen molar-refractivity contribution in [2.24, 2.45) is 0 Å². The van der Waals surface area contributed by atoms with E-state index in [9.17, 15) is 34.8 Å². The Morgan fingerprint density at radius 3 is 2.22 bits per heavy atom. The van der Waals surface area contributed by atoms with Crippen LogP contribution in [0, 0.1) is 0 Å².